The molecule has 7 nitrogen and oxygen atoms in total. The van der Waals surface area contributed by atoms with Gasteiger partial charge in [0.1, 0.15) is 11.2 Å². The predicted molar refractivity (Wildman–Crippen MR) is 108 cm³/mol. The average molecular weight is 418 g/mol. The Morgan fingerprint density at radius 2 is 1.87 bits per heavy atom. The number of benzene rings is 1. The number of anilines is 1. The Kier molecular flexibility index (Phi) is 5.27. The summed E-state index contributed by atoms with van der Waals surface area (Å²) in [5.74, 6) is -0.373. The van der Waals surface area contributed by atoms with Crippen molar-refractivity contribution >= 4 is 28.5 Å². The van der Waals surface area contributed by atoms with E-state index in [2.05, 4.69) is 25.6 Å². The molecule has 0 saturated heterocycles. The van der Waals surface area contributed by atoms with E-state index in [0.717, 1.165) is 12.1 Å². The molecule has 4 N–H and O–H groups in total. The van der Waals surface area contributed by atoms with Crippen LogP contribution in [0, 0.1) is 5.41 Å². The van der Waals surface area contributed by atoms with Gasteiger partial charge in [0.2, 0.25) is 0 Å². The van der Waals surface area contributed by atoms with Gasteiger partial charge in [-0.25, -0.2) is 9.97 Å². The molecular formula is C20H21F3N6O. The molecule has 0 aliphatic heterocycles. The van der Waals surface area contributed by atoms with Crippen molar-refractivity contribution in [3.05, 3.63) is 53.0 Å². The number of hydrogen-bond donors (Lipinski definition) is 4. The van der Waals surface area contributed by atoms with Crippen LogP contribution in [0.2, 0.25) is 0 Å². The van der Waals surface area contributed by atoms with Gasteiger partial charge in [0.15, 0.2) is 5.65 Å². The lowest BCUT2D eigenvalue weighted by Crippen LogP contribution is -2.40. The molecule has 1 aromatic carbocycles. The van der Waals surface area contributed by atoms with Crippen molar-refractivity contribution in [1.82, 2.24) is 20.3 Å². The second-order valence-corrected chi connectivity index (χ2v) is 7.74. The van der Waals surface area contributed by atoms with Gasteiger partial charge in [0.25, 0.3) is 5.91 Å². The summed E-state index contributed by atoms with van der Waals surface area (Å²) in [6.07, 6.45) is -1.80. The molecule has 0 bridgehead atoms. The molecule has 0 spiro atoms. The number of amides is 1. The van der Waals surface area contributed by atoms with Crippen molar-refractivity contribution in [3.8, 4) is 0 Å². The summed E-state index contributed by atoms with van der Waals surface area (Å²) in [5, 5.41) is 14.1. The van der Waals surface area contributed by atoms with E-state index in [9.17, 15) is 18.0 Å². The minimum absolute atomic E-state index is 0.0252. The highest BCUT2D eigenvalue weighted by molar-refractivity contribution is 6.14. The van der Waals surface area contributed by atoms with E-state index in [1.807, 2.05) is 20.8 Å². The highest BCUT2D eigenvalue weighted by Gasteiger charge is 2.31. The quantitative estimate of drug-likeness (QED) is 0.481. The van der Waals surface area contributed by atoms with E-state index in [4.69, 9.17) is 5.41 Å². The zero-order valence-corrected chi connectivity index (χ0v) is 16.8. The maximum Gasteiger partial charge on any atom is 0.416 e. The number of nitrogens with one attached hydrogen (secondary N) is 4. The van der Waals surface area contributed by atoms with E-state index in [1.165, 1.54) is 18.5 Å². The zero-order chi connectivity index (χ0) is 22.3. The van der Waals surface area contributed by atoms with Gasteiger partial charge < -0.3 is 15.6 Å². The SMILES string of the molecule is CNc1ccc(C(F)(F)F)cc1C(=N)c1cnc2[nH]cc(C(=O)NC(C)(C)C)c2n1. The first-order valence-corrected chi connectivity index (χ1v) is 9.05. The van der Waals surface area contributed by atoms with Crippen LogP contribution in [0.3, 0.4) is 0 Å². The zero-order valence-electron chi connectivity index (χ0n) is 16.8. The second-order valence-electron chi connectivity index (χ2n) is 7.74. The summed E-state index contributed by atoms with van der Waals surface area (Å²) in [6.45, 7) is 5.50. The van der Waals surface area contributed by atoms with Crippen molar-refractivity contribution in [1.29, 1.82) is 5.41 Å². The Morgan fingerprint density at radius 3 is 2.47 bits per heavy atom. The maximum absolute atomic E-state index is 13.1. The van der Waals surface area contributed by atoms with Crippen LogP contribution in [0.25, 0.3) is 11.2 Å². The van der Waals surface area contributed by atoms with Crippen LogP contribution < -0.4 is 10.6 Å². The highest BCUT2D eigenvalue weighted by Crippen LogP contribution is 2.32. The maximum atomic E-state index is 13.1. The summed E-state index contributed by atoms with van der Waals surface area (Å²) in [5.41, 5.74) is -0.376. The molecule has 0 unspecified atom stereocenters. The Balaban J connectivity index is 2.06. The molecule has 3 aromatic rings. The number of alkyl halides is 3. The fourth-order valence-electron chi connectivity index (χ4n) is 2.88. The number of carbonyl (C=O) groups excluding carboxylic acids is 1. The molecule has 0 fully saturated rings. The molecular weight excluding hydrogens is 397 g/mol. The van der Waals surface area contributed by atoms with Gasteiger partial charge in [-0.15, -0.1) is 0 Å². The molecule has 3 rings (SSSR count). The van der Waals surface area contributed by atoms with Crippen molar-refractivity contribution in [2.75, 3.05) is 12.4 Å². The van der Waals surface area contributed by atoms with E-state index in [0.29, 0.717) is 11.3 Å². The monoisotopic (exact) mass is 418 g/mol. The molecule has 10 heteroatoms. The molecule has 0 atom stereocenters. The fraction of sp³-hybridized carbons (Fsp3) is 0.300. The number of carbonyl (C=O) groups is 1. The summed E-state index contributed by atoms with van der Waals surface area (Å²) >= 11 is 0. The van der Waals surface area contributed by atoms with Crippen molar-refractivity contribution < 1.29 is 18.0 Å². The average Bonchev–Trinajstić information content (AvgIpc) is 3.08. The Bertz CT molecular complexity index is 1130. The second kappa shape index (κ2) is 7.43. The Morgan fingerprint density at radius 1 is 1.17 bits per heavy atom. The largest absolute Gasteiger partial charge is 0.416 e. The molecule has 1 amide bonds. The fourth-order valence-corrected chi connectivity index (χ4v) is 2.88. The van der Waals surface area contributed by atoms with Crippen LogP contribution >= 0.6 is 0 Å². The van der Waals surface area contributed by atoms with Crippen molar-refractivity contribution in [2.45, 2.75) is 32.5 Å². The third kappa shape index (κ3) is 4.27. The van der Waals surface area contributed by atoms with Crippen LogP contribution in [0.15, 0.2) is 30.6 Å². The van der Waals surface area contributed by atoms with Gasteiger partial charge in [-0.3, -0.25) is 10.2 Å². The van der Waals surface area contributed by atoms with E-state index >= 15 is 0 Å². The number of aromatic amines is 1. The highest BCUT2D eigenvalue weighted by atomic mass is 19.4. The van der Waals surface area contributed by atoms with Gasteiger partial charge in [0, 0.05) is 30.0 Å². The van der Waals surface area contributed by atoms with Crippen molar-refractivity contribution in [3.63, 3.8) is 0 Å². The number of H-pyrrole nitrogens is 1. The number of halogens is 3. The van der Waals surface area contributed by atoms with Gasteiger partial charge >= 0.3 is 6.18 Å². The van der Waals surface area contributed by atoms with E-state index in [-0.39, 0.29) is 34.0 Å². The summed E-state index contributed by atoms with van der Waals surface area (Å²) in [6, 6.07) is 3.10. The standard InChI is InChI=1S/C20H21F3N6O/c1-19(2,3)29-18(30)12-8-26-17-16(12)28-14(9-27-17)15(24)11-7-10(20(21,22)23)5-6-13(11)25-4/h5-9,24-25H,1-4H3,(H,26,27)(H,29,30). The third-order valence-corrected chi connectivity index (χ3v) is 4.26. The first kappa shape index (κ1) is 21.3. The third-order valence-electron chi connectivity index (χ3n) is 4.26. The number of nitrogens with zero attached hydrogens (tertiary/aromatic N) is 2. The number of rotatable bonds is 4. The lowest BCUT2D eigenvalue weighted by molar-refractivity contribution is -0.137. The molecule has 2 aromatic heterocycles. The molecule has 0 aliphatic carbocycles. The van der Waals surface area contributed by atoms with Gasteiger partial charge in [-0.1, -0.05) is 0 Å². The number of fused-ring (bicyclic) bond motifs is 1. The lowest BCUT2D eigenvalue weighted by Gasteiger charge is -2.20. The van der Waals surface area contributed by atoms with Crippen LogP contribution in [0.5, 0.6) is 0 Å². The first-order valence-electron chi connectivity index (χ1n) is 9.05. The Hall–Kier alpha value is -3.43. The van der Waals surface area contributed by atoms with Crippen LogP contribution in [0.1, 0.15) is 48.0 Å². The van der Waals surface area contributed by atoms with Gasteiger partial charge in [-0.2, -0.15) is 13.2 Å². The van der Waals surface area contributed by atoms with Crippen LogP contribution in [-0.4, -0.2) is 39.2 Å². The molecule has 0 aliphatic rings. The Labute approximate surface area is 170 Å². The predicted octanol–water partition coefficient (Wildman–Crippen LogP) is 3.96. The van der Waals surface area contributed by atoms with Crippen molar-refractivity contribution in [2.24, 2.45) is 0 Å². The van der Waals surface area contributed by atoms with Gasteiger partial charge in [0.05, 0.1) is 23.0 Å². The molecule has 158 valence electrons. The molecule has 0 radical (unpaired) electrons. The smallest absolute Gasteiger partial charge is 0.388 e. The van der Waals surface area contributed by atoms with Crippen LogP contribution in [0.4, 0.5) is 18.9 Å². The minimum Gasteiger partial charge on any atom is -0.388 e. The van der Waals surface area contributed by atoms with E-state index in [1.54, 1.807) is 7.05 Å². The van der Waals surface area contributed by atoms with Crippen LogP contribution in [-0.2, 0) is 6.18 Å². The molecule has 30 heavy (non-hydrogen) atoms. The minimum atomic E-state index is -4.55. The van der Waals surface area contributed by atoms with E-state index < -0.39 is 17.3 Å². The number of aromatic nitrogens is 3. The summed E-state index contributed by atoms with van der Waals surface area (Å²) < 4.78 is 39.4. The topological polar surface area (TPSA) is 107 Å². The summed E-state index contributed by atoms with van der Waals surface area (Å²) in [7, 11) is 1.55. The summed E-state index contributed by atoms with van der Waals surface area (Å²) in [4.78, 5) is 23.9. The molecule has 2 heterocycles. The lowest BCUT2D eigenvalue weighted by atomic mass is 10.0. The normalized spacial score (nSPS) is 12.1. The van der Waals surface area contributed by atoms with Gasteiger partial charge in [-0.05, 0) is 39.0 Å². The number of hydrogen-bond acceptors (Lipinski definition) is 5. The molecule has 0 saturated carbocycles. The first-order chi connectivity index (χ1) is 13.9.